The van der Waals surface area contributed by atoms with Crippen molar-refractivity contribution in [1.29, 1.82) is 0 Å². The van der Waals surface area contributed by atoms with E-state index in [1.54, 1.807) is 25.5 Å². The number of halogens is 1. The van der Waals surface area contributed by atoms with Crippen LogP contribution in [0.2, 0.25) is 0 Å². The van der Waals surface area contributed by atoms with Crippen LogP contribution in [0.1, 0.15) is 29.8 Å². The summed E-state index contributed by atoms with van der Waals surface area (Å²) in [6, 6.07) is 14.3. The number of nitrogens with one attached hydrogen (secondary N) is 2. The van der Waals surface area contributed by atoms with Gasteiger partial charge in [-0.05, 0) is 43.7 Å². The number of nitrogens with zero attached hydrogens (tertiary/aromatic N) is 2. The van der Waals surface area contributed by atoms with Gasteiger partial charge in [0.15, 0.2) is 5.96 Å². The van der Waals surface area contributed by atoms with Crippen molar-refractivity contribution < 1.29 is 13.5 Å². The maximum Gasteiger partial charge on any atom is 0.226 e. The Kier molecular flexibility index (Phi) is 7.57. The van der Waals surface area contributed by atoms with Gasteiger partial charge in [-0.2, -0.15) is 0 Å². The van der Waals surface area contributed by atoms with Crippen LogP contribution in [0.15, 0.2) is 64.2 Å². The second kappa shape index (κ2) is 10.5. The summed E-state index contributed by atoms with van der Waals surface area (Å²) in [7, 11) is 1.63. The summed E-state index contributed by atoms with van der Waals surface area (Å²) in [6.45, 7) is 5.61. The van der Waals surface area contributed by atoms with Gasteiger partial charge in [0.25, 0.3) is 0 Å². The molecule has 0 amide bonds. The summed E-state index contributed by atoms with van der Waals surface area (Å²) >= 11 is 0. The van der Waals surface area contributed by atoms with Crippen LogP contribution < -0.4 is 10.6 Å². The molecule has 0 fully saturated rings. The molecule has 0 aliphatic carbocycles. The summed E-state index contributed by atoms with van der Waals surface area (Å²) in [5.41, 5.74) is 3.75. The molecule has 0 bridgehead atoms. The third-order valence-electron chi connectivity index (χ3n) is 4.57. The fraction of sp³-hybridized carbons (Fsp3) is 0.304. The average Bonchev–Trinajstić information content (AvgIpc) is 3.23. The van der Waals surface area contributed by atoms with E-state index in [0.29, 0.717) is 31.5 Å². The number of oxazole rings is 1. The first-order valence-electron chi connectivity index (χ1n) is 9.91. The van der Waals surface area contributed by atoms with Crippen LogP contribution in [-0.4, -0.2) is 31.1 Å². The number of guanidine groups is 1. The molecule has 6 nitrogen and oxygen atoms in total. The quantitative estimate of drug-likeness (QED) is 0.430. The normalized spacial score (nSPS) is 12.6. The van der Waals surface area contributed by atoms with Crippen LogP contribution in [-0.2, 0) is 11.3 Å². The zero-order valence-corrected chi connectivity index (χ0v) is 17.5. The molecule has 7 heteroatoms. The lowest BCUT2D eigenvalue weighted by Crippen LogP contribution is -2.39. The molecule has 1 aromatic heterocycles. The molecule has 0 radical (unpaired) electrons. The van der Waals surface area contributed by atoms with E-state index in [2.05, 4.69) is 20.6 Å². The Morgan fingerprint density at radius 1 is 1.13 bits per heavy atom. The van der Waals surface area contributed by atoms with Gasteiger partial charge in [0.2, 0.25) is 5.89 Å². The Morgan fingerprint density at radius 3 is 2.53 bits per heavy atom. The van der Waals surface area contributed by atoms with E-state index in [1.165, 1.54) is 17.7 Å². The molecule has 2 N–H and O–H groups in total. The van der Waals surface area contributed by atoms with Crippen LogP contribution in [0.3, 0.4) is 0 Å². The van der Waals surface area contributed by atoms with Gasteiger partial charge in [0.1, 0.15) is 17.8 Å². The van der Waals surface area contributed by atoms with Gasteiger partial charge in [0.05, 0.1) is 12.6 Å². The molecule has 1 unspecified atom stereocenters. The smallest absolute Gasteiger partial charge is 0.226 e. The first-order chi connectivity index (χ1) is 14.6. The fourth-order valence-corrected chi connectivity index (χ4v) is 2.91. The monoisotopic (exact) mass is 410 g/mol. The highest BCUT2D eigenvalue weighted by molar-refractivity contribution is 5.79. The Labute approximate surface area is 176 Å². The minimum absolute atomic E-state index is 0.227. The third kappa shape index (κ3) is 5.90. The van der Waals surface area contributed by atoms with Crippen molar-refractivity contribution in [3.8, 4) is 11.5 Å². The number of benzene rings is 2. The number of ether oxygens (including phenoxy) is 1. The molecule has 3 aromatic rings. The van der Waals surface area contributed by atoms with Crippen molar-refractivity contribution in [1.82, 2.24) is 15.6 Å². The lowest BCUT2D eigenvalue weighted by Gasteiger charge is -2.18. The van der Waals surface area contributed by atoms with Crippen LogP contribution >= 0.6 is 0 Å². The highest BCUT2D eigenvalue weighted by Crippen LogP contribution is 2.19. The zero-order chi connectivity index (χ0) is 21.3. The van der Waals surface area contributed by atoms with Gasteiger partial charge in [-0.25, -0.2) is 14.4 Å². The summed E-state index contributed by atoms with van der Waals surface area (Å²) in [5.74, 6) is 0.949. The molecule has 3 rings (SSSR count). The van der Waals surface area contributed by atoms with E-state index in [-0.39, 0.29) is 11.9 Å². The molecule has 1 atom stereocenters. The SMILES string of the molecule is CCNC(=NCc1coc(-c2ccc(C)cc2)n1)NCC(OC)c1ccc(F)cc1. The number of aromatic nitrogens is 1. The van der Waals surface area contributed by atoms with Crippen molar-refractivity contribution in [3.05, 3.63) is 77.4 Å². The first kappa shape index (κ1) is 21.5. The maximum atomic E-state index is 13.2. The van der Waals surface area contributed by atoms with E-state index in [1.807, 2.05) is 38.1 Å². The van der Waals surface area contributed by atoms with Crippen molar-refractivity contribution in [2.24, 2.45) is 4.99 Å². The maximum absolute atomic E-state index is 13.2. The van der Waals surface area contributed by atoms with Crippen molar-refractivity contribution in [2.45, 2.75) is 26.5 Å². The lowest BCUT2D eigenvalue weighted by molar-refractivity contribution is 0.106. The standard InChI is InChI=1S/C23H27FN4O2/c1-4-25-23(27-14-21(29-3)17-9-11-19(24)12-10-17)26-13-20-15-30-22(28-20)18-7-5-16(2)6-8-18/h5-12,15,21H,4,13-14H2,1-3H3,(H2,25,26,27). The Bertz CT molecular complexity index is 952. The second-order valence-corrected chi connectivity index (χ2v) is 6.86. The molecule has 2 aromatic carbocycles. The molecule has 0 aliphatic heterocycles. The van der Waals surface area contributed by atoms with Gasteiger partial charge in [-0.1, -0.05) is 29.8 Å². The minimum Gasteiger partial charge on any atom is -0.444 e. The summed E-state index contributed by atoms with van der Waals surface area (Å²) in [5, 5.41) is 6.46. The molecular formula is C23H27FN4O2. The van der Waals surface area contributed by atoms with Crippen LogP contribution in [0.25, 0.3) is 11.5 Å². The fourth-order valence-electron chi connectivity index (χ4n) is 2.91. The Balaban J connectivity index is 1.62. The lowest BCUT2D eigenvalue weighted by atomic mass is 10.1. The van der Waals surface area contributed by atoms with E-state index in [4.69, 9.17) is 9.15 Å². The Hall–Kier alpha value is -3.19. The van der Waals surface area contributed by atoms with Crippen molar-refractivity contribution >= 4 is 5.96 Å². The summed E-state index contributed by atoms with van der Waals surface area (Å²) in [6.07, 6.45) is 1.40. The number of aryl methyl sites for hydroxylation is 1. The number of methoxy groups -OCH3 is 1. The van der Waals surface area contributed by atoms with E-state index < -0.39 is 0 Å². The van der Waals surface area contributed by atoms with Crippen molar-refractivity contribution in [3.63, 3.8) is 0 Å². The predicted molar refractivity (Wildman–Crippen MR) is 116 cm³/mol. The molecule has 158 valence electrons. The molecule has 0 saturated heterocycles. The minimum atomic E-state index is -0.269. The number of aliphatic imine (C=N–C) groups is 1. The number of hydrogen-bond donors (Lipinski definition) is 2. The van der Waals surface area contributed by atoms with Gasteiger partial charge >= 0.3 is 0 Å². The highest BCUT2D eigenvalue weighted by atomic mass is 19.1. The van der Waals surface area contributed by atoms with E-state index in [0.717, 1.165) is 16.8 Å². The number of hydrogen-bond acceptors (Lipinski definition) is 4. The molecule has 30 heavy (non-hydrogen) atoms. The van der Waals surface area contributed by atoms with E-state index >= 15 is 0 Å². The molecule has 0 saturated carbocycles. The third-order valence-corrected chi connectivity index (χ3v) is 4.57. The van der Waals surface area contributed by atoms with Crippen LogP contribution in [0.5, 0.6) is 0 Å². The molecule has 0 aliphatic rings. The van der Waals surface area contributed by atoms with Gasteiger partial charge in [-0.15, -0.1) is 0 Å². The Morgan fingerprint density at radius 2 is 1.87 bits per heavy atom. The zero-order valence-electron chi connectivity index (χ0n) is 17.5. The highest BCUT2D eigenvalue weighted by Gasteiger charge is 2.12. The topological polar surface area (TPSA) is 71.7 Å². The van der Waals surface area contributed by atoms with Gasteiger partial charge in [0, 0.05) is 25.8 Å². The predicted octanol–water partition coefficient (Wildman–Crippen LogP) is 4.23. The van der Waals surface area contributed by atoms with Gasteiger partial charge in [-0.3, -0.25) is 0 Å². The van der Waals surface area contributed by atoms with Crippen LogP contribution in [0, 0.1) is 12.7 Å². The molecular weight excluding hydrogens is 383 g/mol. The largest absolute Gasteiger partial charge is 0.444 e. The van der Waals surface area contributed by atoms with Gasteiger partial charge < -0.3 is 19.8 Å². The van der Waals surface area contributed by atoms with E-state index in [9.17, 15) is 4.39 Å². The molecule has 0 spiro atoms. The second-order valence-electron chi connectivity index (χ2n) is 6.86. The molecule has 1 heterocycles. The summed E-state index contributed by atoms with van der Waals surface area (Å²) in [4.78, 5) is 9.10. The number of rotatable bonds is 8. The van der Waals surface area contributed by atoms with Crippen LogP contribution in [0.4, 0.5) is 4.39 Å². The summed E-state index contributed by atoms with van der Waals surface area (Å²) < 4.78 is 24.3. The average molecular weight is 410 g/mol. The first-order valence-corrected chi connectivity index (χ1v) is 9.91. The van der Waals surface area contributed by atoms with Crippen molar-refractivity contribution in [2.75, 3.05) is 20.2 Å².